The van der Waals surface area contributed by atoms with Crippen LogP contribution in [0.4, 0.5) is 0 Å². The highest BCUT2D eigenvalue weighted by Gasteiger charge is 2.30. The number of carbonyl (C=O) groups is 2. The van der Waals surface area contributed by atoms with Gasteiger partial charge in [-0.2, -0.15) is 0 Å². The summed E-state index contributed by atoms with van der Waals surface area (Å²) in [6.07, 6.45) is 5.36. The molecule has 1 aliphatic rings. The molecular weight excluding hydrogens is 292 g/mol. The van der Waals surface area contributed by atoms with Crippen LogP contribution >= 0.6 is 0 Å². The second-order valence-corrected chi connectivity index (χ2v) is 6.47. The van der Waals surface area contributed by atoms with E-state index in [1.807, 2.05) is 31.2 Å². The monoisotopic (exact) mass is 318 g/mol. The Morgan fingerprint density at radius 3 is 2.57 bits per heavy atom. The first-order valence-electron chi connectivity index (χ1n) is 8.52. The predicted molar refractivity (Wildman–Crippen MR) is 88.3 cm³/mol. The molecule has 0 radical (unpaired) electrons. The van der Waals surface area contributed by atoms with E-state index in [0.717, 1.165) is 37.7 Å². The van der Waals surface area contributed by atoms with Crippen LogP contribution in [-0.4, -0.2) is 23.1 Å². The van der Waals surface area contributed by atoms with Crippen molar-refractivity contribution in [2.24, 2.45) is 5.92 Å². The zero-order chi connectivity index (χ0) is 16.8. The van der Waals surface area contributed by atoms with Gasteiger partial charge in [0.1, 0.15) is 6.10 Å². The Morgan fingerprint density at radius 1 is 1.26 bits per heavy atom. The molecule has 2 rings (SSSR count). The Labute approximate surface area is 137 Å². The molecule has 0 unspecified atom stereocenters. The number of esters is 1. The molecule has 0 bridgehead atoms. The lowest BCUT2D eigenvalue weighted by atomic mass is 9.93. The Balaban J connectivity index is 1.95. The smallest absolute Gasteiger partial charge is 0.310 e. The minimum absolute atomic E-state index is 0.0340. The number of ether oxygens (including phenoxy) is 1. The number of hydrogen-bond acceptors (Lipinski definition) is 3. The third-order valence-corrected chi connectivity index (χ3v) is 4.67. The van der Waals surface area contributed by atoms with Crippen LogP contribution < -0.4 is 0 Å². The van der Waals surface area contributed by atoms with E-state index in [2.05, 4.69) is 0 Å². The largest absolute Gasteiger partial charge is 0.481 e. The van der Waals surface area contributed by atoms with Gasteiger partial charge in [-0.05, 0) is 56.1 Å². The van der Waals surface area contributed by atoms with Crippen LogP contribution in [0.5, 0.6) is 0 Å². The van der Waals surface area contributed by atoms with Crippen molar-refractivity contribution in [2.75, 3.05) is 0 Å². The fourth-order valence-corrected chi connectivity index (χ4v) is 3.21. The van der Waals surface area contributed by atoms with Crippen LogP contribution in [0.1, 0.15) is 63.0 Å². The maximum absolute atomic E-state index is 11.7. The number of benzene rings is 1. The molecule has 23 heavy (non-hydrogen) atoms. The minimum atomic E-state index is -0.809. The molecule has 1 aromatic rings. The first-order valence-corrected chi connectivity index (χ1v) is 8.52. The second kappa shape index (κ2) is 8.14. The summed E-state index contributed by atoms with van der Waals surface area (Å²) in [6.45, 7) is 3.67. The van der Waals surface area contributed by atoms with Crippen molar-refractivity contribution in [3.63, 3.8) is 0 Å². The van der Waals surface area contributed by atoms with Gasteiger partial charge in [0, 0.05) is 6.42 Å². The van der Waals surface area contributed by atoms with E-state index < -0.39 is 11.9 Å². The summed E-state index contributed by atoms with van der Waals surface area (Å²) in [4.78, 5) is 22.7. The van der Waals surface area contributed by atoms with Crippen molar-refractivity contribution >= 4 is 11.9 Å². The van der Waals surface area contributed by atoms with E-state index in [-0.39, 0.29) is 12.1 Å². The van der Waals surface area contributed by atoms with E-state index in [9.17, 15) is 9.59 Å². The number of rotatable bonds is 7. The molecule has 0 aliphatic heterocycles. The van der Waals surface area contributed by atoms with E-state index in [4.69, 9.17) is 9.84 Å². The Hall–Kier alpha value is -1.84. The molecule has 4 heteroatoms. The third-order valence-electron chi connectivity index (χ3n) is 4.67. The van der Waals surface area contributed by atoms with Gasteiger partial charge in [-0.1, -0.05) is 31.2 Å². The topological polar surface area (TPSA) is 63.6 Å². The lowest BCUT2D eigenvalue weighted by Gasteiger charge is -2.20. The Bertz CT molecular complexity index is 535. The van der Waals surface area contributed by atoms with Crippen molar-refractivity contribution < 1.29 is 19.4 Å². The molecule has 0 heterocycles. The van der Waals surface area contributed by atoms with Crippen LogP contribution in [-0.2, 0) is 20.7 Å². The van der Waals surface area contributed by atoms with Crippen molar-refractivity contribution in [2.45, 2.75) is 64.4 Å². The van der Waals surface area contributed by atoms with Crippen LogP contribution in [0.3, 0.4) is 0 Å². The molecule has 3 atom stereocenters. The number of carbonyl (C=O) groups excluding carboxylic acids is 1. The molecule has 126 valence electrons. The summed E-state index contributed by atoms with van der Waals surface area (Å²) < 4.78 is 5.61. The summed E-state index contributed by atoms with van der Waals surface area (Å²) in [5.41, 5.74) is 1.99. The Kier molecular flexibility index (Phi) is 6.20. The maximum Gasteiger partial charge on any atom is 0.310 e. The molecule has 0 amide bonds. The number of aliphatic carboxylic acids is 1. The fourth-order valence-electron chi connectivity index (χ4n) is 3.21. The average molecular weight is 318 g/mol. The average Bonchev–Trinajstić information content (AvgIpc) is 2.94. The third kappa shape index (κ3) is 4.81. The summed E-state index contributed by atoms with van der Waals surface area (Å²) in [5.74, 6) is -1.01. The van der Waals surface area contributed by atoms with Gasteiger partial charge in [-0.15, -0.1) is 0 Å². The Morgan fingerprint density at radius 2 is 1.96 bits per heavy atom. The first-order chi connectivity index (χ1) is 11.0. The standard InChI is InChI=1S/C19H26O4/c1-3-5-18(20)23-17-7-4-6-16(17)12-14-8-10-15(11-9-14)13(2)19(21)22/h8-11,13,16-17H,3-7,12H2,1-2H3,(H,21,22)/t13-,16+,17-/m0/s1. The zero-order valence-electron chi connectivity index (χ0n) is 14.0. The van der Waals surface area contributed by atoms with Crippen LogP contribution in [0, 0.1) is 5.92 Å². The van der Waals surface area contributed by atoms with E-state index in [0.29, 0.717) is 12.3 Å². The summed E-state index contributed by atoms with van der Waals surface area (Å²) >= 11 is 0. The van der Waals surface area contributed by atoms with Crippen molar-refractivity contribution in [3.8, 4) is 0 Å². The lowest BCUT2D eigenvalue weighted by Crippen LogP contribution is -2.23. The predicted octanol–water partition coefficient (Wildman–Crippen LogP) is 3.93. The molecule has 1 aromatic carbocycles. The molecule has 0 saturated heterocycles. The maximum atomic E-state index is 11.7. The molecule has 0 aromatic heterocycles. The van der Waals surface area contributed by atoms with Crippen LogP contribution in [0.25, 0.3) is 0 Å². The molecule has 1 saturated carbocycles. The van der Waals surface area contributed by atoms with Gasteiger partial charge >= 0.3 is 11.9 Å². The first kappa shape index (κ1) is 17.5. The summed E-state index contributed by atoms with van der Waals surface area (Å²) in [6, 6.07) is 7.78. The summed E-state index contributed by atoms with van der Waals surface area (Å²) in [7, 11) is 0. The van der Waals surface area contributed by atoms with Gasteiger partial charge in [0.05, 0.1) is 5.92 Å². The molecule has 1 N–H and O–H groups in total. The van der Waals surface area contributed by atoms with E-state index in [1.54, 1.807) is 6.92 Å². The highest BCUT2D eigenvalue weighted by Crippen LogP contribution is 2.32. The van der Waals surface area contributed by atoms with Crippen LogP contribution in [0.15, 0.2) is 24.3 Å². The fraction of sp³-hybridized carbons (Fsp3) is 0.579. The normalized spacial score (nSPS) is 21.8. The lowest BCUT2D eigenvalue weighted by molar-refractivity contribution is -0.150. The van der Waals surface area contributed by atoms with Gasteiger partial charge < -0.3 is 9.84 Å². The number of carboxylic acids is 1. The number of carboxylic acid groups (broad SMARTS) is 1. The van der Waals surface area contributed by atoms with Gasteiger partial charge in [0.15, 0.2) is 0 Å². The van der Waals surface area contributed by atoms with Crippen molar-refractivity contribution in [1.82, 2.24) is 0 Å². The van der Waals surface area contributed by atoms with Gasteiger partial charge in [0.2, 0.25) is 0 Å². The molecule has 1 fully saturated rings. The zero-order valence-corrected chi connectivity index (χ0v) is 14.0. The quantitative estimate of drug-likeness (QED) is 0.774. The summed E-state index contributed by atoms with van der Waals surface area (Å²) in [5, 5.41) is 9.05. The highest BCUT2D eigenvalue weighted by atomic mass is 16.5. The highest BCUT2D eigenvalue weighted by molar-refractivity contribution is 5.75. The molecule has 4 nitrogen and oxygen atoms in total. The van der Waals surface area contributed by atoms with Gasteiger partial charge in [-0.25, -0.2) is 0 Å². The van der Waals surface area contributed by atoms with Gasteiger partial charge in [0.25, 0.3) is 0 Å². The second-order valence-electron chi connectivity index (χ2n) is 6.47. The molecular formula is C19H26O4. The van der Waals surface area contributed by atoms with Crippen LogP contribution in [0.2, 0.25) is 0 Å². The van der Waals surface area contributed by atoms with Crippen molar-refractivity contribution in [3.05, 3.63) is 35.4 Å². The number of hydrogen-bond donors (Lipinski definition) is 1. The van der Waals surface area contributed by atoms with Crippen molar-refractivity contribution in [1.29, 1.82) is 0 Å². The van der Waals surface area contributed by atoms with Gasteiger partial charge in [-0.3, -0.25) is 9.59 Å². The van der Waals surface area contributed by atoms with E-state index >= 15 is 0 Å². The molecule has 0 spiro atoms. The SMILES string of the molecule is CCCC(=O)O[C@H]1CCC[C@@H]1Cc1ccc([C@H](C)C(=O)O)cc1. The molecule has 1 aliphatic carbocycles. The van der Waals surface area contributed by atoms with E-state index in [1.165, 1.54) is 5.56 Å². The minimum Gasteiger partial charge on any atom is -0.481 e.